The van der Waals surface area contributed by atoms with Crippen molar-refractivity contribution in [3.63, 3.8) is 0 Å². The zero-order chi connectivity index (χ0) is 25.8. The Balaban J connectivity index is 1.56. The Morgan fingerprint density at radius 2 is 2.00 bits per heavy atom. The van der Waals surface area contributed by atoms with Gasteiger partial charge in [0.2, 0.25) is 5.91 Å². The van der Waals surface area contributed by atoms with E-state index in [0.29, 0.717) is 23.2 Å². The number of aryl methyl sites for hydroxylation is 2. The Labute approximate surface area is 221 Å². The van der Waals surface area contributed by atoms with E-state index >= 15 is 0 Å². The van der Waals surface area contributed by atoms with Crippen LogP contribution in [0.5, 0.6) is 0 Å². The lowest BCUT2D eigenvalue weighted by molar-refractivity contribution is -0.384. The summed E-state index contributed by atoms with van der Waals surface area (Å²) in [5.74, 6) is 0.406. The van der Waals surface area contributed by atoms with Crippen LogP contribution in [-0.4, -0.2) is 31.3 Å². The number of benzene rings is 2. The summed E-state index contributed by atoms with van der Waals surface area (Å²) in [7, 11) is 0. The standard InChI is InChI=1S/C25H22ClN5O3S2/c1-4-11-30-24(19-13-35-16(3)23(19)17-7-5-15(2)6-8-17)28-29-25(30)36-14-22(32)27-18-9-10-20(26)21(12-18)31(33)34/h4-10,12-13H,1,11,14H2,2-3H3,(H,27,32). The summed E-state index contributed by atoms with van der Waals surface area (Å²) in [5.41, 5.74) is 4.40. The topological polar surface area (TPSA) is 103 Å². The Morgan fingerprint density at radius 3 is 2.69 bits per heavy atom. The van der Waals surface area contributed by atoms with Gasteiger partial charge in [0, 0.05) is 39.7 Å². The second-order valence-corrected chi connectivity index (χ2v) is 10.3. The number of nitrogens with one attached hydrogen (secondary N) is 1. The molecule has 0 aliphatic rings. The lowest BCUT2D eigenvalue weighted by Gasteiger charge is -2.10. The molecule has 0 unspecified atom stereocenters. The number of halogens is 1. The SMILES string of the molecule is C=CCn1c(SCC(=O)Nc2ccc(Cl)c([N+](=O)[O-])c2)nnc1-c1csc(C)c1-c1ccc(C)cc1. The van der Waals surface area contributed by atoms with Gasteiger partial charge in [0.25, 0.3) is 5.69 Å². The first kappa shape index (κ1) is 25.6. The number of aromatic nitrogens is 3. The molecule has 184 valence electrons. The molecule has 0 saturated carbocycles. The molecule has 2 aromatic heterocycles. The molecule has 2 aromatic carbocycles. The smallest absolute Gasteiger partial charge is 0.289 e. The van der Waals surface area contributed by atoms with Gasteiger partial charge in [-0.3, -0.25) is 19.5 Å². The van der Waals surface area contributed by atoms with E-state index in [1.165, 1.54) is 40.4 Å². The molecule has 0 radical (unpaired) electrons. The molecule has 1 amide bonds. The molecule has 0 saturated heterocycles. The number of anilines is 1. The fraction of sp³-hybridized carbons (Fsp3) is 0.160. The Bertz CT molecular complexity index is 1450. The van der Waals surface area contributed by atoms with Crippen LogP contribution < -0.4 is 5.32 Å². The number of allylic oxidation sites excluding steroid dienone is 1. The molecule has 2 heterocycles. The number of hydrogen-bond donors (Lipinski definition) is 1. The van der Waals surface area contributed by atoms with Gasteiger partial charge in [0.15, 0.2) is 11.0 Å². The molecule has 1 N–H and O–H groups in total. The zero-order valence-electron chi connectivity index (χ0n) is 19.5. The normalized spacial score (nSPS) is 10.9. The minimum Gasteiger partial charge on any atom is -0.325 e. The second kappa shape index (κ2) is 11.1. The summed E-state index contributed by atoms with van der Waals surface area (Å²) < 4.78 is 1.93. The number of rotatable bonds is 9. The third-order valence-electron chi connectivity index (χ3n) is 5.34. The lowest BCUT2D eigenvalue weighted by Crippen LogP contribution is -2.15. The Morgan fingerprint density at radius 1 is 1.25 bits per heavy atom. The summed E-state index contributed by atoms with van der Waals surface area (Å²) in [5, 5.41) is 25.2. The van der Waals surface area contributed by atoms with Crippen molar-refractivity contribution in [1.82, 2.24) is 14.8 Å². The van der Waals surface area contributed by atoms with Crippen molar-refractivity contribution in [1.29, 1.82) is 0 Å². The molecule has 0 spiro atoms. The number of carbonyl (C=O) groups excluding carboxylic acids is 1. The van der Waals surface area contributed by atoms with Crippen molar-refractivity contribution in [2.24, 2.45) is 0 Å². The highest BCUT2D eigenvalue weighted by Crippen LogP contribution is 2.39. The predicted octanol–water partition coefficient (Wildman–Crippen LogP) is 6.77. The maximum absolute atomic E-state index is 12.6. The predicted molar refractivity (Wildman–Crippen MR) is 146 cm³/mol. The summed E-state index contributed by atoms with van der Waals surface area (Å²) in [6.07, 6.45) is 1.76. The second-order valence-electron chi connectivity index (χ2n) is 7.91. The highest BCUT2D eigenvalue weighted by Gasteiger charge is 2.21. The first-order valence-electron chi connectivity index (χ1n) is 10.8. The van der Waals surface area contributed by atoms with Crippen LogP contribution >= 0.6 is 34.7 Å². The Hall–Kier alpha value is -3.47. The number of nitro benzene ring substituents is 1. The maximum atomic E-state index is 12.6. The average Bonchev–Trinajstić information content (AvgIpc) is 3.42. The third kappa shape index (κ3) is 5.51. The molecule has 0 aliphatic heterocycles. The first-order chi connectivity index (χ1) is 17.3. The van der Waals surface area contributed by atoms with Crippen molar-refractivity contribution < 1.29 is 9.72 Å². The van der Waals surface area contributed by atoms with Crippen LogP contribution in [0.25, 0.3) is 22.5 Å². The zero-order valence-corrected chi connectivity index (χ0v) is 21.9. The van der Waals surface area contributed by atoms with Gasteiger partial charge in [-0.2, -0.15) is 0 Å². The molecule has 36 heavy (non-hydrogen) atoms. The highest BCUT2D eigenvalue weighted by molar-refractivity contribution is 7.99. The molecule has 11 heteroatoms. The monoisotopic (exact) mass is 539 g/mol. The van der Waals surface area contributed by atoms with E-state index in [4.69, 9.17) is 11.6 Å². The number of nitro groups is 1. The van der Waals surface area contributed by atoms with Gasteiger partial charge in [0.05, 0.1) is 10.7 Å². The molecule has 8 nitrogen and oxygen atoms in total. The van der Waals surface area contributed by atoms with Crippen molar-refractivity contribution in [3.8, 4) is 22.5 Å². The van der Waals surface area contributed by atoms with Gasteiger partial charge in [-0.25, -0.2) is 0 Å². The minimum absolute atomic E-state index is 0.00565. The van der Waals surface area contributed by atoms with Crippen LogP contribution in [0.1, 0.15) is 10.4 Å². The summed E-state index contributed by atoms with van der Waals surface area (Å²) in [6.45, 7) is 8.47. The molecule has 0 atom stereocenters. The molecular formula is C25H22ClN5O3S2. The van der Waals surface area contributed by atoms with Gasteiger partial charge in [-0.15, -0.1) is 28.1 Å². The van der Waals surface area contributed by atoms with E-state index in [1.807, 2.05) is 4.57 Å². The largest absolute Gasteiger partial charge is 0.325 e. The fourth-order valence-electron chi connectivity index (χ4n) is 3.64. The third-order valence-corrected chi connectivity index (χ3v) is 7.54. The van der Waals surface area contributed by atoms with Gasteiger partial charge in [0.1, 0.15) is 5.02 Å². The Kier molecular flexibility index (Phi) is 7.88. The highest BCUT2D eigenvalue weighted by atomic mass is 35.5. The van der Waals surface area contributed by atoms with Crippen molar-refractivity contribution in [2.75, 3.05) is 11.1 Å². The molecule has 4 rings (SSSR count). The van der Waals surface area contributed by atoms with Gasteiger partial charge >= 0.3 is 0 Å². The van der Waals surface area contributed by atoms with Gasteiger partial charge < -0.3 is 5.32 Å². The van der Waals surface area contributed by atoms with E-state index in [0.717, 1.165) is 16.7 Å². The van der Waals surface area contributed by atoms with Crippen LogP contribution in [0.2, 0.25) is 5.02 Å². The molecule has 4 aromatic rings. The molecule has 0 aliphatic carbocycles. The number of amides is 1. The number of thiophene rings is 1. The van der Waals surface area contributed by atoms with E-state index in [-0.39, 0.29) is 22.4 Å². The maximum Gasteiger partial charge on any atom is 0.289 e. The lowest BCUT2D eigenvalue weighted by atomic mass is 10.0. The molecule has 0 fully saturated rings. The van der Waals surface area contributed by atoms with Crippen LogP contribution in [0.15, 0.2) is 65.7 Å². The number of carbonyl (C=O) groups is 1. The van der Waals surface area contributed by atoms with Crippen molar-refractivity contribution >= 4 is 52.0 Å². The summed E-state index contributed by atoms with van der Waals surface area (Å²) in [6, 6.07) is 12.5. The summed E-state index contributed by atoms with van der Waals surface area (Å²) in [4.78, 5) is 24.2. The van der Waals surface area contributed by atoms with E-state index in [1.54, 1.807) is 17.4 Å². The average molecular weight is 540 g/mol. The van der Waals surface area contributed by atoms with Crippen LogP contribution in [0, 0.1) is 24.0 Å². The molecular weight excluding hydrogens is 518 g/mol. The number of hydrogen-bond acceptors (Lipinski definition) is 7. The van der Waals surface area contributed by atoms with Gasteiger partial charge in [-0.05, 0) is 31.5 Å². The van der Waals surface area contributed by atoms with E-state index < -0.39 is 4.92 Å². The first-order valence-corrected chi connectivity index (χ1v) is 13.1. The van der Waals surface area contributed by atoms with Crippen LogP contribution in [0.3, 0.4) is 0 Å². The quantitative estimate of drug-likeness (QED) is 0.109. The van der Waals surface area contributed by atoms with Crippen LogP contribution in [-0.2, 0) is 11.3 Å². The van der Waals surface area contributed by atoms with E-state index in [9.17, 15) is 14.9 Å². The molecule has 0 bridgehead atoms. The van der Waals surface area contributed by atoms with Gasteiger partial charge in [-0.1, -0.05) is 59.3 Å². The number of nitrogens with zero attached hydrogens (tertiary/aromatic N) is 4. The number of thioether (sulfide) groups is 1. The van der Waals surface area contributed by atoms with Crippen LogP contribution in [0.4, 0.5) is 11.4 Å². The minimum atomic E-state index is -0.594. The van der Waals surface area contributed by atoms with E-state index in [2.05, 4.69) is 65.6 Å². The fourth-order valence-corrected chi connectivity index (χ4v) is 5.44. The van der Waals surface area contributed by atoms with Crippen molar-refractivity contribution in [2.45, 2.75) is 25.5 Å². The van der Waals surface area contributed by atoms with Crippen molar-refractivity contribution in [3.05, 3.63) is 86.1 Å². The summed E-state index contributed by atoms with van der Waals surface area (Å²) >= 11 is 8.72.